The number of hydrogen-bond acceptors (Lipinski definition) is 5. The summed E-state index contributed by atoms with van der Waals surface area (Å²) in [5.74, 6) is 0.454. The molecule has 31 heavy (non-hydrogen) atoms. The van der Waals surface area contributed by atoms with Gasteiger partial charge in [-0.25, -0.2) is 0 Å². The van der Waals surface area contributed by atoms with Crippen molar-refractivity contribution < 1.29 is 9.59 Å². The number of benzene rings is 1. The van der Waals surface area contributed by atoms with Crippen LogP contribution in [0.2, 0.25) is 0 Å². The number of fused-ring (bicyclic) bond motifs is 1. The Labute approximate surface area is 187 Å². The Morgan fingerprint density at radius 2 is 1.77 bits per heavy atom. The summed E-state index contributed by atoms with van der Waals surface area (Å²) < 4.78 is 0. The van der Waals surface area contributed by atoms with Crippen LogP contribution in [0.25, 0.3) is 0 Å². The van der Waals surface area contributed by atoms with E-state index in [1.54, 1.807) is 42.6 Å². The Hall–Kier alpha value is -2.87. The van der Waals surface area contributed by atoms with Crippen molar-refractivity contribution in [3.8, 4) is 0 Å². The molecule has 0 bridgehead atoms. The number of unbranched alkanes of at least 4 members (excludes halogenated alkanes) is 1. The maximum absolute atomic E-state index is 12.4. The largest absolute Gasteiger partial charge is 0.363 e. The van der Waals surface area contributed by atoms with Crippen LogP contribution in [-0.4, -0.2) is 61.9 Å². The molecule has 4 rings (SSSR count). The van der Waals surface area contributed by atoms with E-state index in [0.717, 1.165) is 51.3 Å². The number of rotatable bonds is 7. The molecule has 0 aliphatic carbocycles. The van der Waals surface area contributed by atoms with Gasteiger partial charge < -0.3 is 15.5 Å². The Morgan fingerprint density at radius 1 is 1.06 bits per heavy atom. The topological polar surface area (TPSA) is 77.0 Å². The van der Waals surface area contributed by atoms with Crippen LogP contribution in [0.1, 0.15) is 46.4 Å². The fourth-order valence-corrected chi connectivity index (χ4v) is 4.91. The second-order valence-corrected chi connectivity index (χ2v) is 8.80. The van der Waals surface area contributed by atoms with E-state index in [4.69, 9.17) is 0 Å². The lowest BCUT2D eigenvalue weighted by molar-refractivity contribution is 0.0652. The lowest BCUT2D eigenvalue weighted by Crippen LogP contribution is -2.48. The van der Waals surface area contributed by atoms with Crippen molar-refractivity contribution >= 4 is 34.1 Å². The molecule has 1 aromatic heterocycles. The van der Waals surface area contributed by atoms with E-state index >= 15 is 0 Å². The summed E-state index contributed by atoms with van der Waals surface area (Å²) in [6.45, 7) is 3.29. The van der Waals surface area contributed by atoms with Crippen molar-refractivity contribution in [3.63, 3.8) is 0 Å². The lowest BCUT2D eigenvalue weighted by Gasteiger charge is -2.33. The van der Waals surface area contributed by atoms with Gasteiger partial charge in [0, 0.05) is 39.3 Å². The monoisotopic (exact) mass is 439 g/mol. The van der Waals surface area contributed by atoms with Gasteiger partial charge in [0.2, 0.25) is 0 Å². The molecule has 2 N–H and O–H groups in total. The van der Waals surface area contributed by atoms with E-state index in [1.807, 2.05) is 0 Å². The Kier molecular flexibility index (Phi) is 6.86. The first-order chi connectivity index (χ1) is 15.2. The molecule has 1 saturated heterocycles. The number of anilines is 1. The summed E-state index contributed by atoms with van der Waals surface area (Å²) in [6.07, 6.45) is 3.77. The molecule has 2 aliphatic heterocycles. The number of aliphatic imine (C=N–C) groups is 1. The second kappa shape index (κ2) is 9.96. The average molecular weight is 440 g/mol. The summed E-state index contributed by atoms with van der Waals surface area (Å²) in [5.41, 5.74) is 1.03. The zero-order valence-corrected chi connectivity index (χ0v) is 18.7. The normalized spacial score (nSPS) is 17.3. The van der Waals surface area contributed by atoms with Gasteiger partial charge in [0.15, 0.2) is 5.96 Å². The minimum atomic E-state index is -0.181. The summed E-state index contributed by atoms with van der Waals surface area (Å²) >= 11 is 1.79. The highest BCUT2D eigenvalue weighted by molar-refractivity contribution is 7.14. The van der Waals surface area contributed by atoms with Crippen LogP contribution in [0.5, 0.6) is 0 Å². The van der Waals surface area contributed by atoms with Gasteiger partial charge in [-0.05, 0) is 55.3 Å². The third-order valence-electron chi connectivity index (χ3n) is 5.86. The molecular formula is C23H29N5O2S. The number of carbonyl (C=O) groups excluding carboxylic acids is 2. The van der Waals surface area contributed by atoms with Gasteiger partial charge in [-0.15, -0.1) is 11.3 Å². The maximum atomic E-state index is 12.4. The van der Waals surface area contributed by atoms with Crippen molar-refractivity contribution in [2.75, 3.05) is 38.1 Å². The molecule has 2 amide bonds. The number of nitrogens with one attached hydrogen (secondary N) is 2. The molecule has 0 radical (unpaired) electrons. The maximum Gasteiger partial charge on any atom is 0.261 e. The fourth-order valence-electron chi connectivity index (χ4n) is 4.13. The van der Waals surface area contributed by atoms with Crippen molar-refractivity contribution in [1.82, 2.24) is 15.5 Å². The van der Waals surface area contributed by atoms with Crippen molar-refractivity contribution in [2.24, 2.45) is 4.99 Å². The summed E-state index contributed by atoms with van der Waals surface area (Å²) in [7, 11) is 1.79. The molecule has 7 nitrogen and oxygen atoms in total. The molecule has 0 saturated carbocycles. The lowest BCUT2D eigenvalue weighted by atomic mass is 10.1. The number of carbonyl (C=O) groups is 2. The average Bonchev–Trinajstić information content (AvgIpc) is 3.42. The predicted octanol–water partition coefficient (Wildman–Crippen LogP) is 2.96. The van der Waals surface area contributed by atoms with E-state index in [1.165, 1.54) is 9.90 Å². The quantitative estimate of drug-likeness (QED) is 0.300. The molecule has 0 unspecified atom stereocenters. The van der Waals surface area contributed by atoms with E-state index < -0.39 is 0 Å². The van der Waals surface area contributed by atoms with Gasteiger partial charge in [0.1, 0.15) is 0 Å². The smallest absolute Gasteiger partial charge is 0.261 e. The highest BCUT2D eigenvalue weighted by atomic mass is 32.1. The number of nitrogens with zero attached hydrogens (tertiary/aromatic N) is 3. The first-order valence-corrected chi connectivity index (χ1v) is 11.8. The van der Waals surface area contributed by atoms with Crippen LogP contribution in [0, 0.1) is 0 Å². The number of piperidine rings is 1. The summed E-state index contributed by atoms with van der Waals surface area (Å²) in [6, 6.07) is 11.7. The zero-order valence-electron chi connectivity index (χ0n) is 17.8. The highest BCUT2D eigenvalue weighted by Gasteiger charge is 2.34. The van der Waals surface area contributed by atoms with E-state index in [-0.39, 0.29) is 11.8 Å². The van der Waals surface area contributed by atoms with Crippen LogP contribution in [0.4, 0.5) is 5.00 Å². The molecule has 8 heteroatoms. The van der Waals surface area contributed by atoms with Crippen molar-refractivity contribution in [3.05, 3.63) is 52.9 Å². The Bertz CT molecular complexity index is 900. The third kappa shape index (κ3) is 4.90. The Morgan fingerprint density at radius 3 is 2.39 bits per heavy atom. The van der Waals surface area contributed by atoms with Gasteiger partial charge >= 0.3 is 0 Å². The SMILES string of the molecule is CN=C(NCCCCN1C(=O)c2ccccc2C1=O)NC1CCN(c2cccs2)CC1. The minimum Gasteiger partial charge on any atom is -0.363 e. The first kappa shape index (κ1) is 21.4. The molecule has 2 aliphatic rings. The second-order valence-electron chi connectivity index (χ2n) is 7.87. The molecule has 164 valence electrons. The predicted molar refractivity (Wildman–Crippen MR) is 125 cm³/mol. The molecule has 0 atom stereocenters. The molecule has 1 fully saturated rings. The number of imide groups is 1. The van der Waals surface area contributed by atoms with Crippen molar-refractivity contribution in [2.45, 2.75) is 31.7 Å². The van der Waals surface area contributed by atoms with Crippen LogP contribution in [0.3, 0.4) is 0 Å². The van der Waals surface area contributed by atoms with Gasteiger partial charge in [-0.2, -0.15) is 0 Å². The Balaban J connectivity index is 1.15. The van der Waals surface area contributed by atoms with Crippen LogP contribution >= 0.6 is 11.3 Å². The van der Waals surface area contributed by atoms with Gasteiger partial charge in [-0.1, -0.05) is 12.1 Å². The molecule has 3 heterocycles. The van der Waals surface area contributed by atoms with Crippen molar-refractivity contribution in [1.29, 1.82) is 0 Å². The molecule has 1 aromatic carbocycles. The van der Waals surface area contributed by atoms with Gasteiger partial charge in [0.25, 0.3) is 11.8 Å². The van der Waals surface area contributed by atoms with E-state index in [9.17, 15) is 9.59 Å². The van der Waals surface area contributed by atoms with Crippen LogP contribution in [-0.2, 0) is 0 Å². The molecule has 2 aromatic rings. The first-order valence-electron chi connectivity index (χ1n) is 10.9. The number of hydrogen-bond donors (Lipinski definition) is 2. The van der Waals surface area contributed by atoms with Gasteiger partial charge in [0.05, 0.1) is 16.1 Å². The summed E-state index contributed by atoms with van der Waals surface area (Å²) in [5, 5.41) is 10.4. The van der Waals surface area contributed by atoms with E-state index in [2.05, 4.69) is 38.0 Å². The van der Waals surface area contributed by atoms with Crippen LogP contribution in [0.15, 0.2) is 46.8 Å². The number of thiophene rings is 1. The van der Waals surface area contributed by atoms with E-state index in [0.29, 0.717) is 23.7 Å². The number of amides is 2. The highest BCUT2D eigenvalue weighted by Crippen LogP contribution is 2.25. The number of guanidine groups is 1. The molecular weight excluding hydrogens is 410 g/mol. The summed E-state index contributed by atoms with van der Waals surface area (Å²) in [4.78, 5) is 32.9. The van der Waals surface area contributed by atoms with Crippen LogP contribution < -0.4 is 15.5 Å². The fraction of sp³-hybridized carbons (Fsp3) is 0.435. The molecule has 0 spiro atoms. The zero-order chi connectivity index (χ0) is 21.6. The van der Waals surface area contributed by atoms with Gasteiger partial charge in [-0.3, -0.25) is 19.5 Å². The third-order valence-corrected chi connectivity index (χ3v) is 6.79. The minimum absolute atomic E-state index is 0.181. The standard InChI is InChI=1S/C23H29N5O2S/c1-24-23(26-17-10-14-27(15-11-17)20-9-6-16-31-20)25-12-4-5-13-28-21(29)18-7-2-3-8-19(18)22(28)30/h2-3,6-9,16-17H,4-5,10-15H2,1H3,(H2,24,25,26).